The van der Waals surface area contributed by atoms with Crippen LogP contribution >= 0.6 is 0 Å². The lowest BCUT2D eigenvalue weighted by Gasteiger charge is -2.07. The highest BCUT2D eigenvalue weighted by Gasteiger charge is 2.31. The van der Waals surface area contributed by atoms with Gasteiger partial charge in [0, 0.05) is 12.0 Å². The van der Waals surface area contributed by atoms with Gasteiger partial charge in [-0.25, -0.2) is 0 Å². The molecule has 2 aliphatic rings. The molecule has 0 spiro atoms. The molecule has 3 heteroatoms. The number of carboxylic acid groups (broad SMARTS) is 1. The normalized spacial score (nSPS) is 22.0. The minimum atomic E-state index is -0.774. The minimum Gasteiger partial charge on any atom is -0.481 e. The van der Waals surface area contributed by atoms with E-state index in [2.05, 4.69) is 0 Å². The first-order chi connectivity index (χ1) is 7.66. The van der Waals surface area contributed by atoms with E-state index in [0.29, 0.717) is 12.8 Å². The van der Waals surface area contributed by atoms with E-state index < -0.39 is 11.9 Å². The van der Waals surface area contributed by atoms with Crippen LogP contribution in [0.2, 0.25) is 0 Å². The lowest BCUT2D eigenvalue weighted by molar-refractivity contribution is -0.138. The molecule has 1 atom stereocenters. The summed E-state index contributed by atoms with van der Waals surface area (Å²) in [4.78, 5) is 22.7. The standard InChI is InChI=1S/C13H12O3/c14-12-4-2-8-5-7-1-3-9(13(15)16)10(7)6-11(8)12/h5-6,9H,1-4H2,(H,15,16). The number of carbonyl (C=O) groups excluding carboxylic acids is 1. The summed E-state index contributed by atoms with van der Waals surface area (Å²) in [7, 11) is 0. The maximum absolute atomic E-state index is 11.6. The van der Waals surface area contributed by atoms with Crippen LogP contribution < -0.4 is 0 Å². The van der Waals surface area contributed by atoms with Gasteiger partial charge in [0.25, 0.3) is 0 Å². The van der Waals surface area contributed by atoms with Gasteiger partial charge in [0.2, 0.25) is 0 Å². The SMILES string of the molecule is O=C1CCc2cc3c(cc21)C(C(=O)O)CC3. The Morgan fingerprint density at radius 1 is 1.19 bits per heavy atom. The van der Waals surface area contributed by atoms with Crippen LogP contribution in [0.15, 0.2) is 12.1 Å². The van der Waals surface area contributed by atoms with E-state index in [9.17, 15) is 9.59 Å². The zero-order valence-corrected chi connectivity index (χ0v) is 8.82. The van der Waals surface area contributed by atoms with Crippen molar-refractivity contribution < 1.29 is 14.7 Å². The lowest BCUT2D eigenvalue weighted by atomic mass is 9.97. The molecule has 0 bridgehead atoms. The molecule has 2 aliphatic carbocycles. The molecule has 0 aliphatic heterocycles. The van der Waals surface area contributed by atoms with Gasteiger partial charge < -0.3 is 5.11 Å². The first-order valence-corrected chi connectivity index (χ1v) is 5.58. The summed E-state index contributed by atoms with van der Waals surface area (Å²) in [5.41, 5.74) is 3.85. The van der Waals surface area contributed by atoms with Crippen molar-refractivity contribution in [3.63, 3.8) is 0 Å². The highest BCUT2D eigenvalue weighted by molar-refractivity contribution is 6.01. The Kier molecular flexibility index (Phi) is 1.90. The summed E-state index contributed by atoms with van der Waals surface area (Å²) in [5, 5.41) is 9.09. The van der Waals surface area contributed by atoms with E-state index in [1.54, 1.807) is 0 Å². The molecule has 3 rings (SSSR count). The third-order valence-electron chi connectivity index (χ3n) is 3.66. The average Bonchev–Trinajstić information content (AvgIpc) is 2.80. The van der Waals surface area contributed by atoms with Gasteiger partial charge in [-0.15, -0.1) is 0 Å². The molecule has 1 N–H and O–H groups in total. The molecular formula is C13H12O3. The summed E-state index contributed by atoms with van der Waals surface area (Å²) >= 11 is 0. The number of rotatable bonds is 1. The van der Waals surface area contributed by atoms with E-state index in [0.717, 1.165) is 35.1 Å². The molecule has 1 unspecified atom stereocenters. The fraction of sp³-hybridized carbons (Fsp3) is 0.385. The van der Waals surface area contributed by atoms with Crippen LogP contribution in [-0.2, 0) is 17.6 Å². The first kappa shape index (κ1) is 9.58. The number of benzene rings is 1. The third kappa shape index (κ3) is 1.21. The predicted molar refractivity (Wildman–Crippen MR) is 57.8 cm³/mol. The highest BCUT2D eigenvalue weighted by Crippen LogP contribution is 2.37. The number of fused-ring (bicyclic) bond motifs is 2. The van der Waals surface area contributed by atoms with Gasteiger partial charge in [0.05, 0.1) is 5.92 Å². The van der Waals surface area contributed by atoms with Gasteiger partial charge in [-0.3, -0.25) is 9.59 Å². The Labute approximate surface area is 93.1 Å². The molecule has 16 heavy (non-hydrogen) atoms. The predicted octanol–water partition coefficient (Wildman–Crippen LogP) is 1.93. The molecule has 1 aromatic carbocycles. The van der Waals surface area contributed by atoms with Crippen molar-refractivity contribution in [2.45, 2.75) is 31.6 Å². The first-order valence-electron chi connectivity index (χ1n) is 5.58. The average molecular weight is 216 g/mol. The topological polar surface area (TPSA) is 54.4 Å². The van der Waals surface area contributed by atoms with Crippen molar-refractivity contribution in [3.8, 4) is 0 Å². The third-order valence-corrected chi connectivity index (χ3v) is 3.66. The number of Topliss-reactive ketones (excluding diaryl/α,β-unsaturated/α-hetero) is 1. The minimum absolute atomic E-state index is 0.161. The van der Waals surface area contributed by atoms with Crippen molar-refractivity contribution in [2.75, 3.05) is 0 Å². The van der Waals surface area contributed by atoms with E-state index in [-0.39, 0.29) is 5.78 Å². The fourth-order valence-corrected chi connectivity index (χ4v) is 2.81. The molecule has 1 aromatic rings. The molecular weight excluding hydrogens is 204 g/mol. The second kappa shape index (κ2) is 3.17. The van der Waals surface area contributed by atoms with Crippen molar-refractivity contribution in [1.29, 1.82) is 0 Å². The van der Waals surface area contributed by atoms with E-state index >= 15 is 0 Å². The largest absolute Gasteiger partial charge is 0.481 e. The maximum Gasteiger partial charge on any atom is 0.310 e. The number of carbonyl (C=O) groups is 2. The van der Waals surface area contributed by atoms with Gasteiger partial charge in [-0.1, -0.05) is 6.07 Å². The molecule has 0 saturated carbocycles. The highest BCUT2D eigenvalue weighted by atomic mass is 16.4. The summed E-state index contributed by atoms with van der Waals surface area (Å²) < 4.78 is 0. The number of aliphatic carboxylic acids is 1. The molecule has 0 radical (unpaired) electrons. The summed E-state index contributed by atoms with van der Waals surface area (Å²) in [6.45, 7) is 0. The van der Waals surface area contributed by atoms with Crippen molar-refractivity contribution >= 4 is 11.8 Å². The summed E-state index contributed by atoms with van der Waals surface area (Å²) in [5.74, 6) is -1.02. The van der Waals surface area contributed by atoms with Crippen molar-refractivity contribution in [2.24, 2.45) is 0 Å². The van der Waals surface area contributed by atoms with Crippen molar-refractivity contribution in [3.05, 3.63) is 34.4 Å². The van der Waals surface area contributed by atoms with E-state index in [1.807, 2.05) is 12.1 Å². The molecule has 3 nitrogen and oxygen atoms in total. The lowest BCUT2D eigenvalue weighted by Crippen LogP contribution is -2.08. The number of aryl methyl sites for hydroxylation is 2. The molecule has 0 aromatic heterocycles. The second-order valence-corrected chi connectivity index (χ2v) is 4.56. The fourth-order valence-electron chi connectivity index (χ4n) is 2.81. The van der Waals surface area contributed by atoms with Gasteiger partial charge in [-0.05, 0) is 42.0 Å². The van der Waals surface area contributed by atoms with Crippen molar-refractivity contribution in [1.82, 2.24) is 0 Å². The molecule has 0 fully saturated rings. The molecule has 0 amide bonds. The van der Waals surface area contributed by atoms with Crippen LogP contribution in [0.25, 0.3) is 0 Å². The smallest absolute Gasteiger partial charge is 0.310 e. The second-order valence-electron chi connectivity index (χ2n) is 4.56. The van der Waals surface area contributed by atoms with Crippen LogP contribution in [0.4, 0.5) is 0 Å². The zero-order valence-electron chi connectivity index (χ0n) is 8.82. The Morgan fingerprint density at radius 2 is 2.00 bits per heavy atom. The Morgan fingerprint density at radius 3 is 2.75 bits per heavy atom. The van der Waals surface area contributed by atoms with Crippen LogP contribution in [0.3, 0.4) is 0 Å². The van der Waals surface area contributed by atoms with Gasteiger partial charge in [0.1, 0.15) is 0 Å². The van der Waals surface area contributed by atoms with Crippen LogP contribution in [0.5, 0.6) is 0 Å². The Hall–Kier alpha value is -1.64. The summed E-state index contributed by atoms with van der Waals surface area (Å²) in [6, 6.07) is 3.87. The number of hydrogen-bond acceptors (Lipinski definition) is 2. The van der Waals surface area contributed by atoms with Crippen LogP contribution in [-0.4, -0.2) is 16.9 Å². The number of ketones is 1. The van der Waals surface area contributed by atoms with Crippen LogP contribution in [0.1, 0.15) is 45.8 Å². The molecule has 0 saturated heterocycles. The van der Waals surface area contributed by atoms with Crippen LogP contribution in [0, 0.1) is 0 Å². The zero-order chi connectivity index (χ0) is 11.3. The van der Waals surface area contributed by atoms with E-state index in [1.165, 1.54) is 0 Å². The number of carboxylic acids is 1. The summed E-state index contributed by atoms with van der Waals surface area (Å²) in [6.07, 6.45) is 2.89. The van der Waals surface area contributed by atoms with Gasteiger partial charge in [-0.2, -0.15) is 0 Å². The monoisotopic (exact) mass is 216 g/mol. The quantitative estimate of drug-likeness (QED) is 0.780. The Bertz CT molecular complexity index is 502. The molecule has 0 heterocycles. The van der Waals surface area contributed by atoms with Gasteiger partial charge >= 0.3 is 5.97 Å². The van der Waals surface area contributed by atoms with E-state index in [4.69, 9.17) is 5.11 Å². The van der Waals surface area contributed by atoms with Gasteiger partial charge in [0.15, 0.2) is 5.78 Å². The number of hydrogen-bond donors (Lipinski definition) is 1. The maximum atomic E-state index is 11.6. The molecule has 82 valence electrons. The Balaban J connectivity index is 2.14.